The molecule has 1 aliphatic heterocycles. The summed E-state index contributed by atoms with van der Waals surface area (Å²) >= 11 is 0. The molecule has 0 atom stereocenters. The van der Waals surface area contributed by atoms with E-state index >= 15 is 0 Å². The predicted octanol–water partition coefficient (Wildman–Crippen LogP) is 3.27. The van der Waals surface area contributed by atoms with Crippen LogP contribution in [0, 0.1) is 5.92 Å². The number of carbonyl (C=O) groups excluding carboxylic acids is 1. The number of amides is 1. The molecule has 3 heteroatoms. The topological polar surface area (TPSA) is 32.3 Å². The molecular weight excluding hydrogens is 260 g/mol. The maximum absolute atomic E-state index is 12.6. The third kappa shape index (κ3) is 4.31. The minimum atomic E-state index is 0.173. The third-order valence-corrected chi connectivity index (χ3v) is 4.43. The van der Waals surface area contributed by atoms with E-state index < -0.39 is 0 Å². The molecule has 1 fully saturated rings. The van der Waals surface area contributed by atoms with Crippen molar-refractivity contribution in [1.29, 1.82) is 0 Å². The van der Waals surface area contributed by atoms with Crippen molar-refractivity contribution in [3.63, 3.8) is 0 Å². The van der Waals surface area contributed by atoms with Gasteiger partial charge in [-0.15, -0.1) is 0 Å². The summed E-state index contributed by atoms with van der Waals surface area (Å²) in [5.74, 6) is 1.32. The highest BCUT2D eigenvalue weighted by molar-refractivity contribution is 5.94. The molecule has 1 amide bonds. The average molecular weight is 288 g/mol. The Balaban J connectivity index is 2.01. The van der Waals surface area contributed by atoms with E-state index in [1.54, 1.807) is 0 Å². The van der Waals surface area contributed by atoms with Crippen LogP contribution >= 0.6 is 0 Å². The number of hydrogen-bond donors (Lipinski definition) is 1. The van der Waals surface area contributed by atoms with Gasteiger partial charge in [0.1, 0.15) is 0 Å². The monoisotopic (exact) mass is 288 g/mol. The first kappa shape index (κ1) is 16.0. The van der Waals surface area contributed by atoms with E-state index in [1.165, 1.54) is 18.4 Å². The van der Waals surface area contributed by atoms with Crippen molar-refractivity contribution in [2.45, 2.75) is 39.5 Å². The van der Waals surface area contributed by atoms with Crippen molar-refractivity contribution in [2.24, 2.45) is 5.92 Å². The summed E-state index contributed by atoms with van der Waals surface area (Å²) in [6.07, 6.45) is 2.35. The van der Waals surface area contributed by atoms with Crippen molar-refractivity contribution in [3.8, 4) is 0 Å². The van der Waals surface area contributed by atoms with Gasteiger partial charge in [-0.1, -0.05) is 26.0 Å². The molecule has 1 heterocycles. The molecule has 1 aromatic carbocycles. The van der Waals surface area contributed by atoms with E-state index in [-0.39, 0.29) is 5.91 Å². The van der Waals surface area contributed by atoms with E-state index in [0.717, 1.165) is 31.7 Å². The maximum Gasteiger partial charge on any atom is 0.253 e. The third-order valence-electron chi connectivity index (χ3n) is 4.43. The Morgan fingerprint density at radius 1 is 1.24 bits per heavy atom. The molecule has 3 nitrogen and oxygen atoms in total. The van der Waals surface area contributed by atoms with Crippen LogP contribution in [0.1, 0.15) is 55.5 Å². The number of carbonyl (C=O) groups is 1. The van der Waals surface area contributed by atoms with Gasteiger partial charge in [0.15, 0.2) is 0 Å². The highest BCUT2D eigenvalue weighted by atomic mass is 16.2. The van der Waals surface area contributed by atoms with Gasteiger partial charge in [0.05, 0.1) is 0 Å². The average Bonchev–Trinajstić information content (AvgIpc) is 2.53. The molecule has 0 aromatic heterocycles. The second-order valence-corrected chi connectivity index (χ2v) is 6.31. The Kier molecular flexibility index (Phi) is 5.80. The van der Waals surface area contributed by atoms with Crippen LogP contribution < -0.4 is 5.32 Å². The summed E-state index contributed by atoms with van der Waals surface area (Å²) in [5.41, 5.74) is 2.10. The minimum absolute atomic E-state index is 0.173. The van der Waals surface area contributed by atoms with Gasteiger partial charge < -0.3 is 10.2 Å². The van der Waals surface area contributed by atoms with Gasteiger partial charge in [0, 0.05) is 18.7 Å². The number of nitrogens with one attached hydrogen (secondary N) is 1. The lowest BCUT2D eigenvalue weighted by Crippen LogP contribution is -2.39. The molecule has 2 rings (SSSR count). The first-order valence-corrected chi connectivity index (χ1v) is 8.21. The standard InChI is InChI=1S/C18H28N2O/c1-4-20(13-15-9-11-19-12-10-15)18(21)17-7-5-16(6-8-17)14(2)3/h5-8,14-15,19H,4,9-13H2,1-3H3. The Bertz CT molecular complexity index is 447. The summed E-state index contributed by atoms with van der Waals surface area (Å²) in [5, 5.41) is 3.38. The molecule has 1 N–H and O–H groups in total. The van der Waals surface area contributed by atoms with Crippen molar-refractivity contribution in [2.75, 3.05) is 26.2 Å². The zero-order valence-electron chi connectivity index (χ0n) is 13.6. The number of nitrogens with zero attached hydrogens (tertiary/aromatic N) is 1. The molecule has 21 heavy (non-hydrogen) atoms. The first-order chi connectivity index (χ1) is 10.1. The van der Waals surface area contributed by atoms with Gasteiger partial charge in [-0.25, -0.2) is 0 Å². The summed E-state index contributed by atoms with van der Waals surface area (Å²) < 4.78 is 0. The highest BCUT2D eigenvalue weighted by Gasteiger charge is 2.20. The Hall–Kier alpha value is -1.35. The van der Waals surface area contributed by atoms with E-state index in [1.807, 2.05) is 17.0 Å². The molecule has 116 valence electrons. The fourth-order valence-corrected chi connectivity index (χ4v) is 2.92. The molecule has 1 aliphatic rings. The predicted molar refractivity (Wildman–Crippen MR) is 87.7 cm³/mol. The lowest BCUT2D eigenvalue weighted by atomic mass is 9.97. The minimum Gasteiger partial charge on any atom is -0.339 e. The van der Waals surface area contributed by atoms with Crippen LogP contribution in [0.5, 0.6) is 0 Å². The quantitative estimate of drug-likeness (QED) is 0.902. The van der Waals surface area contributed by atoms with Crippen LogP contribution in [-0.2, 0) is 0 Å². The molecule has 0 unspecified atom stereocenters. The molecule has 1 aromatic rings. The smallest absolute Gasteiger partial charge is 0.253 e. The Labute approximate surface area is 128 Å². The lowest BCUT2D eigenvalue weighted by molar-refractivity contribution is 0.0727. The highest BCUT2D eigenvalue weighted by Crippen LogP contribution is 2.18. The van der Waals surface area contributed by atoms with Crippen molar-refractivity contribution in [3.05, 3.63) is 35.4 Å². The maximum atomic E-state index is 12.6. The molecule has 0 saturated carbocycles. The normalized spacial score (nSPS) is 16.2. The van der Waals surface area contributed by atoms with E-state index in [0.29, 0.717) is 11.8 Å². The Morgan fingerprint density at radius 2 is 1.86 bits per heavy atom. The fourth-order valence-electron chi connectivity index (χ4n) is 2.92. The van der Waals surface area contributed by atoms with Crippen LogP contribution in [0.15, 0.2) is 24.3 Å². The lowest BCUT2D eigenvalue weighted by Gasteiger charge is -2.29. The molecule has 0 spiro atoms. The van der Waals surface area contributed by atoms with Crippen LogP contribution in [-0.4, -0.2) is 37.0 Å². The van der Waals surface area contributed by atoms with E-state index in [4.69, 9.17) is 0 Å². The second-order valence-electron chi connectivity index (χ2n) is 6.31. The zero-order chi connectivity index (χ0) is 15.2. The largest absolute Gasteiger partial charge is 0.339 e. The molecular formula is C18H28N2O. The Morgan fingerprint density at radius 3 is 2.38 bits per heavy atom. The number of benzene rings is 1. The summed E-state index contributed by atoms with van der Waals surface area (Å²) in [4.78, 5) is 14.6. The van der Waals surface area contributed by atoms with E-state index in [2.05, 4.69) is 38.2 Å². The molecule has 1 saturated heterocycles. The van der Waals surface area contributed by atoms with Crippen LogP contribution in [0.3, 0.4) is 0 Å². The first-order valence-electron chi connectivity index (χ1n) is 8.21. The molecule has 0 radical (unpaired) electrons. The van der Waals surface area contributed by atoms with Crippen molar-refractivity contribution < 1.29 is 4.79 Å². The summed E-state index contributed by atoms with van der Waals surface area (Å²) in [6, 6.07) is 8.11. The van der Waals surface area contributed by atoms with Gasteiger partial charge in [0.2, 0.25) is 0 Å². The van der Waals surface area contributed by atoms with Gasteiger partial charge in [-0.05, 0) is 62.4 Å². The number of rotatable bonds is 5. The fraction of sp³-hybridized carbons (Fsp3) is 0.611. The van der Waals surface area contributed by atoms with Gasteiger partial charge in [0.25, 0.3) is 5.91 Å². The summed E-state index contributed by atoms with van der Waals surface area (Å²) in [6.45, 7) is 10.3. The molecule has 0 aliphatic carbocycles. The van der Waals surface area contributed by atoms with Crippen molar-refractivity contribution in [1.82, 2.24) is 10.2 Å². The van der Waals surface area contributed by atoms with Gasteiger partial charge in [-0.3, -0.25) is 4.79 Å². The zero-order valence-corrected chi connectivity index (χ0v) is 13.6. The van der Waals surface area contributed by atoms with Crippen LogP contribution in [0.2, 0.25) is 0 Å². The van der Waals surface area contributed by atoms with E-state index in [9.17, 15) is 4.79 Å². The van der Waals surface area contributed by atoms with Gasteiger partial charge in [-0.2, -0.15) is 0 Å². The van der Waals surface area contributed by atoms with Crippen LogP contribution in [0.25, 0.3) is 0 Å². The number of hydrogen-bond acceptors (Lipinski definition) is 2. The SMILES string of the molecule is CCN(CC1CCNCC1)C(=O)c1ccc(C(C)C)cc1. The molecule has 0 bridgehead atoms. The van der Waals surface area contributed by atoms with Crippen LogP contribution in [0.4, 0.5) is 0 Å². The van der Waals surface area contributed by atoms with Gasteiger partial charge >= 0.3 is 0 Å². The second kappa shape index (κ2) is 7.60. The number of piperidine rings is 1. The van der Waals surface area contributed by atoms with Crippen molar-refractivity contribution >= 4 is 5.91 Å². The summed E-state index contributed by atoms with van der Waals surface area (Å²) in [7, 11) is 0.